The van der Waals surface area contributed by atoms with E-state index in [4.69, 9.17) is 4.42 Å². The Bertz CT molecular complexity index is 1130. The molecule has 0 bridgehead atoms. The van der Waals surface area contributed by atoms with E-state index >= 15 is 0 Å². The summed E-state index contributed by atoms with van der Waals surface area (Å²) in [6.07, 6.45) is 1.71. The molecule has 2 aromatic carbocycles. The van der Waals surface area contributed by atoms with Crippen LogP contribution in [0.4, 0.5) is 0 Å². The zero-order valence-corrected chi connectivity index (χ0v) is 17.1. The maximum Gasteiger partial charge on any atom is 0.226 e. The lowest BCUT2D eigenvalue weighted by Crippen LogP contribution is -2.25. The fourth-order valence-corrected chi connectivity index (χ4v) is 3.42. The summed E-state index contributed by atoms with van der Waals surface area (Å²) in [4.78, 5) is 16.8. The number of benzene rings is 2. The second-order valence-corrected chi connectivity index (χ2v) is 7.26. The van der Waals surface area contributed by atoms with Crippen molar-refractivity contribution >= 4 is 5.91 Å². The van der Waals surface area contributed by atoms with Crippen LogP contribution in [0, 0.1) is 13.8 Å². The Kier molecular flexibility index (Phi) is 5.75. The molecular formula is C24H24N4O2. The van der Waals surface area contributed by atoms with Crippen LogP contribution in [0.2, 0.25) is 0 Å². The number of aromatic nitrogens is 3. The molecule has 4 rings (SSSR count). The highest BCUT2D eigenvalue weighted by Gasteiger charge is 2.14. The summed E-state index contributed by atoms with van der Waals surface area (Å²) < 4.78 is 7.49. The van der Waals surface area contributed by atoms with Crippen LogP contribution >= 0.6 is 0 Å². The Morgan fingerprint density at radius 3 is 2.47 bits per heavy atom. The Morgan fingerprint density at radius 2 is 1.73 bits per heavy atom. The first-order chi connectivity index (χ1) is 14.6. The third kappa shape index (κ3) is 4.49. The van der Waals surface area contributed by atoms with Crippen molar-refractivity contribution in [3.05, 3.63) is 95.1 Å². The van der Waals surface area contributed by atoms with Gasteiger partial charge in [0.15, 0.2) is 0 Å². The van der Waals surface area contributed by atoms with Crippen molar-refractivity contribution in [1.82, 2.24) is 20.1 Å². The van der Waals surface area contributed by atoms with Crippen molar-refractivity contribution in [2.24, 2.45) is 0 Å². The van der Waals surface area contributed by atoms with Crippen LogP contribution in [-0.4, -0.2) is 20.7 Å². The molecule has 0 radical (unpaired) electrons. The first kappa shape index (κ1) is 19.6. The van der Waals surface area contributed by atoms with Crippen molar-refractivity contribution in [3.63, 3.8) is 0 Å². The highest BCUT2D eigenvalue weighted by Crippen LogP contribution is 2.18. The zero-order chi connectivity index (χ0) is 20.9. The molecule has 2 heterocycles. The van der Waals surface area contributed by atoms with E-state index in [2.05, 4.69) is 27.5 Å². The van der Waals surface area contributed by atoms with Crippen LogP contribution in [0.15, 0.2) is 71.3 Å². The monoisotopic (exact) mass is 400 g/mol. The fraction of sp³-hybridized carbons (Fsp3) is 0.208. The summed E-state index contributed by atoms with van der Waals surface area (Å²) >= 11 is 0. The first-order valence-electron chi connectivity index (χ1n) is 9.93. The van der Waals surface area contributed by atoms with E-state index in [0.29, 0.717) is 24.7 Å². The van der Waals surface area contributed by atoms with E-state index in [1.807, 2.05) is 67.1 Å². The minimum absolute atomic E-state index is 0.0995. The second-order valence-electron chi connectivity index (χ2n) is 7.26. The molecule has 4 aromatic rings. The van der Waals surface area contributed by atoms with Gasteiger partial charge in [-0.25, -0.2) is 4.98 Å². The predicted molar refractivity (Wildman–Crippen MR) is 115 cm³/mol. The topological polar surface area (TPSA) is 73.0 Å². The van der Waals surface area contributed by atoms with Crippen molar-refractivity contribution in [3.8, 4) is 11.5 Å². The van der Waals surface area contributed by atoms with Crippen molar-refractivity contribution < 1.29 is 9.21 Å². The van der Waals surface area contributed by atoms with Crippen LogP contribution in [0.1, 0.15) is 28.2 Å². The molecule has 0 saturated heterocycles. The molecule has 1 amide bonds. The molecular weight excluding hydrogens is 376 g/mol. The van der Waals surface area contributed by atoms with E-state index in [0.717, 1.165) is 22.5 Å². The second kappa shape index (κ2) is 8.78. The number of nitrogens with one attached hydrogen (secondary N) is 1. The Balaban J connectivity index is 1.37. The van der Waals surface area contributed by atoms with E-state index in [1.54, 1.807) is 0 Å². The molecule has 0 fully saturated rings. The molecule has 0 atom stereocenters. The third-order valence-corrected chi connectivity index (χ3v) is 5.08. The normalized spacial score (nSPS) is 10.9. The molecule has 0 aliphatic heterocycles. The lowest BCUT2D eigenvalue weighted by atomic mass is 10.2. The summed E-state index contributed by atoms with van der Waals surface area (Å²) in [6, 6.07) is 19.9. The predicted octanol–water partition coefficient (Wildman–Crippen LogP) is 4.06. The van der Waals surface area contributed by atoms with Gasteiger partial charge in [-0.3, -0.25) is 9.48 Å². The summed E-state index contributed by atoms with van der Waals surface area (Å²) in [5, 5.41) is 7.62. The number of nitrogens with zero attached hydrogens (tertiary/aromatic N) is 3. The van der Waals surface area contributed by atoms with E-state index in [9.17, 15) is 4.79 Å². The molecule has 0 aliphatic rings. The van der Waals surface area contributed by atoms with Crippen molar-refractivity contribution in [2.75, 3.05) is 0 Å². The molecule has 0 aliphatic carbocycles. The minimum Gasteiger partial charge on any atom is -0.444 e. The third-order valence-electron chi connectivity index (χ3n) is 5.08. The molecule has 152 valence electrons. The van der Waals surface area contributed by atoms with E-state index in [1.165, 1.54) is 11.8 Å². The molecule has 6 heteroatoms. The molecule has 0 spiro atoms. The van der Waals surface area contributed by atoms with Crippen LogP contribution in [-0.2, 0) is 24.3 Å². The van der Waals surface area contributed by atoms with Gasteiger partial charge >= 0.3 is 0 Å². The molecule has 6 nitrogen and oxygen atoms in total. The van der Waals surface area contributed by atoms with Crippen molar-refractivity contribution in [2.45, 2.75) is 33.4 Å². The summed E-state index contributed by atoms with van der Waals surface area (Å²) in [5.41, 5.74) is 5.73. The zero-order valence-electron chi connectivity index (χ0n) is 17.1. The fourth-order valence-electron chi connectivity index (χ4n) is 3.42. The number of rotatable bonds is 7. The van der Waals surface area contributed by atoms with Gasteiger partial charge in [-0.1, -0.05) is 48.5 Å². The highest BCUT2D eigenvalue weighted by molar-refractivity contribution is 5.78. The standard InChI is InChI=1S/C24H24N4O2/c1-17-22(18(2)28(27-17)15-19-9-5-3-6-10-19)14-25-23(29)13-21-16-30-24(26-21)20-11-7-4-8-12-20/h3-12,16H,13-15H2,1-2H3,(H,25,29). The van der Waals surface area contributed by atoms with Crippen LogP contribution in [0.25, 0.3) is 11.5 Å². The van der Waals surface area contributed by atoms with Gasteiger partial charge in [0, 0.05) is 23.4 Å². The number of carbonyl (C=O) groups is 1. The Labute approximate surface area is 175 Å². The molecule has 30 heavy (non-hydrogen) atoms. The highest BCUT2D eigenvalue weighted by atomic mass is 16.3. The Hall–Kier alpha value is -3.67. The number of amides is 1. The smallest absolute Gasteiger partial charge is 0.226 e. The van der Waals surface area contributed by atoms with Gasteiger partial charge in [0.2, 0.25) is 11.8 Å². The largest absolute Gasteiger partial charge is 0.444 e. The number of oxazole rings is 1. The summed E-state index contributed by atoms with van der Waals surface area (Å²) in [5.74, 6) is 0.421. The van der Waals surface area contributed by atoms with Crippen LogP contribution in [0.5, 0.6) is 0 Å². The summed E-state index contributed by atoms with van der Waals surface area (Å²) in [6.45, 7) is 5.16. The van der Waals surface area contributed by atoms with Gasteiger partial charge in [0.1, 0.15) is 6.26 Å². The maximum atomic E-state index is 12.4. The van der Waals surface area contributed by atoms with Crippen LogP contribution < -0.4 is 5.32 Å². The van der Waals surface area contributed by atoms with Crippen molar-refractivity contribution in [1.29, 1.82) is 0 Å². The molecule has 0 unspecified atom stereocenters. The van der Waals surface area contributed by atoms with Gasteiger partial charge in [-0.2, -0.15) is 5.10 Å². The van der Waals surface area contributed by atoms with E-state index < -0.39 is 0 Å². The lowest BCUT2D eigenvalue weighted by molar-refractivity contribution is -0.120. The summed E-state index contributed by atoms with van der Waals surface area (Å²) in [7, 11) is 0. The van der Waals surface area contributed by atoms with Gasteiger partial charge < -0.3 is 9.73 Å². The Morgan fingerprint density at radius 1 is 1.03 bits per heavy atom. The quantitative estimate of drug-likeness (QED) is 0.508. The number of aryl methyl sites for hydroxylation is 1. The molecule has 2 aromatic heterocycles. The average Bonchev–Trinajstić information content (AvgIpc) is 3.32. The minimum atomic E-state index is -0.0995. The van der Waals surface area contributed by atoms with Gasteiger partial charge in [-0.05, 0) is 31.5 Å². The van der Waals surface area contributed by atoms with Gasteiger partial charge in [-0.15, -0.1) is 0 Å². The van der Waals surface area contributed by atoms with Gasteiger partial charge in [0.05, 0.1) is 24.4 Å². The SMILES string of the molecule is Cc1nn(Cc2ccccc2)c(C)c1CNC(=O)Cc1coc(-c2ccccc2)n1. The van der Waals surface area contributed by atoms with E-state index in [-0.39, 0.29) is 12.3 Å². The average molecular weight is 400 g/mol. The van der Waals surface area contributed by atoms with Crippen LogP contribution in [0.3, 0.4) is 0 Å². The first-order valence-corrected chi connectivity index (χ1v) is 9.93. The molecule has 1 N–H and O–H groups in total. The lowest BCUT2D eigenvalue weighted by Gasteiger charge is -2.07. The van der Waals surface area contributed by atoms with Gasteiger partial charge in [0.25, 0.3) is 0 Å². The maximum absolute atomic E-state index is 12.4. The number of hydrogen-bond donors (Lipinski definition) is 1. The molecule has 0 saturated carbocycles. The number of hydrogen-bond acceptors (Lipinski definition) is 4. The number of carbonyl (C=O) groups excluding carboxylic acids is 1.